The van der Waals surface area contributed by atoms with Crippen LogP contribution in [0.1, 0.15) is 39.2 Å². The number of fused-ring (bicyclic) bond motifs is 1. The zero-order valence-corrected chi connectivity index (χ0v) is 19.2. The third-order valence-corrected chi connectivity index (χ3v) is 4.93. The van der Waals surface area contributed by atoms with Gasteiger partial charge in [0.25, 0.3) is 0 Å². The number of carbonyl (C=O) groups excluding carboxylic acids is 4. The third-order valence-electron chi connectivity index (χ3n) is 4.93. The molecule has 10 heteroatoms. The molecule has 0 unspecified atom stereocenters. The van der Waals surface area contributed by atoms with Gasteiger partial charge >= 0.3 is 12.2 Å². The standard InChI is InChI=1S/C23H29N5O5/c1-14(2)33-23(32)19(10-9-17(30)12-25-24)27-22(31)20(26-15(3)29)11-16-13-28(4)21-8-6-5-7-18(16)21/h5-8,12-14,19-20H,9-11H2,1-4H3,(H,26,29)(H,27,31)/t19-,20-/m0/s1. The summed E-state index contributed by atoms with van der Waals surface area (Å²) in [5.74, 6) is -2.18. The molecule has 0 bridgehead atoms. The van der Waals surface area contributed by atoms with Gasteiger partial charge in [-0.25, -0.2) is 4.79 Å². The van der Waals surface area contributed by atoms with Crippen LogP contribution in [0.15, 0.2) is 30.5 Å². The maximum Gasteiger partial charge on any atom is 0.328 e. The zero-order valence-electron chi connectivity index (χ0n) is 19.2. The summed E-state index contributed by atoms with van der Waals surface area (Å²) in [7, 11) is 1.89. The highest BCUT2D eigenvalue weighted by Crippen LogP contribution is 2.21. The number of amides is 2. The van der Waals surface area contributed by atoms with Crippen LogP contribution in [0.3, 0.4) is 0 Å². The monoisotopic (exact) mass is 455 g/mol. The summed E-state index contributed by atoms with van der Waals surface area (Å²) in [6, 6.07) is 5.64. The first-order chi connectivity index (χ1) is 15.6. The number of hydrogen-bond acceptors (Lipinski definition) is 5. The lowest BCUT2D eigenvalue weighted by Gasteiger charge is -2.23. The molecule has 33 heavy (non-hydrogen) atoms. The van der Waals surface area contributed by atoms with Gasteiger partial charge in [0, 0.05) is 43.9 Å². The van der Waals surface area contributed by atoms with Crippen molar-refractivity contribution in [2.75, 3.05) is 0 Å². The van der Waals surface area contributed by atoms with E-state index in [-0.39, 0.29) is 19.3 Å². The van der Waals surface area contributed by atoms with Crippen molar-refractivity contribution in [2.24, 2.45) is 7.05 Å². The summed E-state index contributed by atoms with van der Waals surface area (Å²) in [6.07, 6.45) is 2.21. The average Bonchev–Trinajstić information content (AvgIpc) is 3.05. The molecule has 0 aliphatic carbocycles. The minimum absolute atomic E-state index is 0.0524. The summed E-state index contributed by atoms with van der Waals surface area (Å²) in [5.41, 5.74) is 10.3. The zero-order chi connectivity index (χ0) is 24.5. The lowest BCUT2D eigenvalue weighted by atomic mass is 10.0. The van der Waals surface area contributed by atoms with Gasteiger partial charge < -0.3 is 25.5 Å². The second kappa shape index (κ2) is 11.7. The van der Waals surface area contributed by atoms with Crippen molar-refractivity contribution in [1.29, 1.82) is 0 Å². The molecule has 1 aromatic carbocycles. The topological polar surface area (TPSA) is 143 Å². The molecule has 1 heterocycles. The van der Waals surface area contributed by atoms with Gasteiger partial charge in [-0.05, 0) is 31.9 Å². The Kier molecular flexibility index (Phi) is 9.06. The average molecular weight is 456 g/mol. The number of nitrogens with zero attached hydrogens (tertiary/aromatic N) is 3. The Balaban J connectivity index is 2.24. The molecule has 0 aliphatic rings. The fraction of sp³-hybridized carbons (Fsp3) is 0.435. The first kappa shape index (κ1) is 25.5. The Morgan fingerprint density at radius 2 is 1.85 bits per heavy atom. The van der Waals surface area contributed by atoms with Crippen LogP contribution in [0, 0.1) is 0 Å². The van der Waals surface area contributed by atoms with Crippen molar-refractivity contribution < 1.29 is 28.7 Å². The van der Waals surface area contributed by atoms with Crippen molar-refractivity contribution >= 4 is 40.7 Å². The Labute approximate surface area is 191 Å². The van der Waals surface area contributed by atoms with Crippen LogP contribution in [-0.4, -0.2) is 57.3 Å². The second-order valence-corrected chi connectivity index (χ2v) is 8.04. The quantitative estimate of drug-likeness (QED) is 0.227. The van der Waals surface area contributed by atoms with Crippen LogP contribution in [-0.2, 0) is 37.4 Å². The molecule has 10 nitrogen and oxygen atoms in total. The minimum Gasteiger partial charge on any atom is -0.461 e. The van der Waals surface area contributed by atoms with Crippen LogP contribution >= 0.6 is 0 Å². The van der Waals surface area contributed by atoms with Crippen LogP contribution in [0.5, 0.6) is 0 Å². The van der Waals surface area contributed by atoms with Gasteiger partial charge in [-0.3, -0.25) is 14.4 Å². The maximum absolute atomic E-state index is 13.1. The van der Waals surface area contributed by atoms with Crippen molar-refractivity contribution in [2.45, 2.75) is 58.2 Å². The predicted molar refractivity (Wildman–Crippen MR) is 121 cm³/mol. The van der Waals surface area contributed by atoms with Crippen molar-refractivity contribution in [3.05, 3.63) is 41.6 Å². The number of carbonyl (C=O) groups is 4. The number of ketones is 1. The van der Waals surface area contributed by atoms with Crippen LogP contribution in [0.4, 0.5) is 0 Å². The molecule has 0 saturated heterocycles. The molecule has 2 rings (SSSR count). The van der Waals surface area contributed by atoms with Gasteiger partial charge in [-0.15, -0.1) is 0 Å². The van der Waals surface area contributed by atoms with E-state index in [1.807, 2.05) is 42.1 Å². The molecular weight excluding hydrogens is 426 g/mol. The number of ether oxygens (including phenoxy) is 1. The Bertz CT molecular complexity index is 1080. The molecule has 0 spiro atoms. The van der Waals surface area contributed by atoms with E-state index >= 15 is 0 Å². The van der Waals surface area contributed by atoms with E-state index in [0.717, 1.165) is 22.7 Å². The summed E-state index contributed by atoms with van der Waals surface area (Å²) in [5, 5.41) is 6.20. The summed E-state index contributed by atoms with van der Waals surface area (Å²) >= 11 is 0. The number of para-hydroxylation sites is 1. The Morgan fingerprint density at radius 1 is 1.15 bits per heavy atom. The SMILES string of the molecule is CC(=O)N[C@@H](Cc1cn(C)c2ccccc12)C(=O)N[C@@H](CCC(=O)C=[N+]=[N-])C(=O)OC(C)C. The van der Waals surface area contributed by atoms with E-state index in [2.05, 4.69) is 15.4 Å². The first-order valence-electron chi connectivity index (χ1n) is 10.6. The number of rotatable bonds is 11. The molecule has 1 aromatic heterocycles. The molecular formula is C23H29N5O5. The van der Waals surface area contributed by atoms with E-state index in [4.69, 9.17) is 10.3 Å². The molecule has 0 radical (unpaired) electrons. The van der Waals surface area contributed by atoms with Crippen LogP contribution in [0.25, 0.3) is 16.4 Å². The second-order valence-electron chi connectivity index (χ2n) is 8.04. The molecule has 0 fully saturated rings. The van der Waals surface area contributed by atoms with Crippen LogP contribution in [0.2, 0.25) is 0 Å². The summed E-state index contributed by atoms with van der Waals surface area (Å²) in [6.45, 7) is 4.64. The van der Waals surface area contributed by atoms with E-state index < -0.39 is 41.8 Å². The lowest BCUT2D eigenvalue weighted by molar-refractivity contribution is -0.152. The van der Waals surface area contributed by atoms with Gasteiger partial charge in [0.05, 0.1) is 6.10 Å². The molecule has 0 aliphatic heterocycles. The lowest BCUT2D eigenvalue weighted by Crippen LogP contribution is -2.52. The van der Waals surface area contributed by atoms with Gasteiger partial charge in [0.15, 0.2) is 0 Å². The fourth-order valence-electron chi connectivity index (χ4n) is 3.51. The number of aryl methyl sites for hydroxylation is 1. The summed E-state index contributed by atoms with van der Waals surface area (Å²) < 4.78 is 7.14. The first-order valence-corrected chi connectivity index (χ1v) is 10.6. The number of hydrogen-bond donors (Lipinski definition) is 2. The van der Waals surface area contributed by atoms with Gasteiger partial charge in [-0.1, -0.05) is 18.2 Å². The maximum atomic E-state index is 13.1. The van der Waals surface area contributed by atoms with Crippen molar-refractivity contribution in [1.82, 2.24) is 15.2 Å². The number of esters is 1. The van der Waals surface area contributed by atoms with E-state index in [1.54, 1.807) is 13.8 Å². The molecule has 2 atom stereocenters. The molecule has 0 saturated carbocycles. The highest BCUT2D eigenvalue weighted by Gasteiger charge is 2.29. The van der Waals surface area contributed by atoms with Crippen molar-refractivity contribution in [3.63, 3.8) is 0 Å². The Hall–Kier alpha value is -3.78. The van der Waals surface area contributed by atoms with E-state index in [9.17, 15) is 19.2 Å². The number of benzene rings is 1. The number of aromatic nitrogens is 1. The molecule has 2 aromatic rings. The summed E-state index contributed by atoms with van der Waals surface area (Å²) in [4.78, 5) is 51.8. The van der Waals surface area contributed by atoms with Gasteiger partial charge in [-0.2, -0.15) is 4.79 Å². The molecule has 2 amide bonds. The predicted octanol–water partition coefficient (Wildman–Crippen LogP) is 1.31. The number of nitrogens with one attached hydrogen (secondary N) is 2. The number of Topliss-reactive ketones (excluding diaryl/α,β-unsaturated/α-hetero) is 1. The van der Waals surface area contributed by atoms with Crippen LogP contribution < -0.4 is 10.6 Å². The van der Waals surface area contributed by atoms with Gasteiger partial charge in [0.1, 0.15) is 12.1 Å². The van der Waals surface area contributed by atoms with E-state index in [1.165, 1.54) is 6.92 Å². The minimum atomic E-state index is -1.11. The fourth-order valence-corrected chi connectivity index (χ4v) is 3.51. The van der Waals surface area contributed by atoms with Gasteiger partial charge in [0.2, 0.25) is 17.6 Å². The highest BCUT2D eigenvalue weighted by molar-refractivity contribution is 6.25. The highest BCUT2D eigenvalue weighted by atomic mass is 16.5. The Morgan fingerprint density at radius 3 is 2.48 bits per heavy atom. The normalized spacial score (nSPS) is 12.5. The largest absolute Gasteiger partial charge is 0.461 e. The third kappa shape index (κ3) is 7.40. The molecule has 2 N–H and O–H groups in total. The smallest absolute Gasteiger partial charge is 0.328 e. The van der Waals surface area contributed by atoms with E-state index in [0.29, 0.717) is 0 Å². The molecule has 176 valence electrons. The van der Waals surface area contributed by atoms with Crippen molar-refractivity contribution in [3.8, 4) is 0 Å².